The van der Waals surface area contributed by atoms with Crippen LogP contribution in [0, 0.1) is 5.41 Å². The van der Waals surface area contributed by atoms with Gasteiger partial charge in [0.2, 0.25) is 0 Å². The molecule has 112 valence electrons. The lowest BCUT2D eigenvalue weighted by Gasteiger charge is -2.37. The first-order chi connectivity index (χ1) is 9.20. The number of hydrogen-bond donors (Lipinski definition) is 2. The largest absolute Gasteiger partial charge is 0.380 e. The molecule has 2 heterocycles. The molecule has 1 saturated heterocycles. The van der Waals surface area contributed by atoms with Crippen molar-refractivity contribution in [3.05, 3.63) is 11.8 Å². The first kappa shape index (κ1) is 14.8. The lowest BCUT2D eigenvalue weighted by atomic mass is 9.89. The van der Waals surface area contributed by atoms with E-state index in [2.05, 4.69) is 43.4 Å². The van der Waals surface area contributed by atoms with Crippen LogP contribution in [0.15, 0.2) is 6.07 Å². The lowest BCUT2D eigenvalue weighted by molar-refractivity contribution is -0.0974. The molecule has 0 radical (unpaired) electrons. The van der Waals surface area contributed by atoms with Crippen molar-refractivity contribution in [3.63, 3.8) is 0 Å². The molecule has 0 saturated carbocycles. The summed E-state index contributed by atoms with van der Waals surface area (Å²) in [5, 5.41) is 10.1. The summed E-state index contributed by atoms with van der Waals surface area (Å²) in [6, 6.07) is 1.70. The molecule has 1 aliphatic rings. The van der Waals surface area contributed by atoms with E-state index in [0.717, 1.165) is 5.69 Å². The zero-order valence-corrected chi connectivity index (χ0v) is 12.9. The number of carbonyl (C=O) groups excluding carboxylic acids is 1. The Labute approximate surface area is 119 Å². The minimum atomic E-state index is -0.207. The number of nitrogens with one attached hydrogen (secondary N) is 2. The second-order valence-corrected chi connectivity index (χ2v) is 6.90. The maximum Gasteiger partial charge on any atom is 0.320 e. The third kappa shape index (κ3) is 3.30. The molecule has 2 N–H and O–H groups in total. The Kier molecular flexibility index (Phi) is 3.77. The van der Waals surface area contributed by atoms with Gasteiger partial charge in [-0.05, 0) is 0 Å². The molecule has 2 rings (SSSR count). The fourth-order valence-corrected chi connectivity index (χ4v) is 1.96. The average molecular weight is 280 g/mol. The van der Waals surface area contributed by atoms with Crippen molar-refractivity contribution in [2.75, 3.05) is 25.1 Å². The highest BCUT2D eigenvalue weighted by molar-refractivity contribution is 5.88. The third-order valence-electron chi connectivity index (χ3n) is 3.47. The van der Waals surface area contributed by atoms with E-state index in [0.29, 0.717) is 25.6 Å². The van der Waals surface area contributed by atoms with E-state index in [1.165, 1.54) is 0 Å². The van der Waals surface area contributed by atoms with E-state index in [1.54, 1.807) is 4.68 Å². The molecule has 0 atom stereocenters. The van der Waals surface area contributed by atoms with Crippen LogP contribution < -0.4 is 10.6 Å². The Bertz CT molecular complexity index is 498. The van der Waals surface area contributed by atoms with E-state index in [1.807, 2.05) is 13.1 Å². The van der Waals surface area contributed by atoms with Gasteiger partial charge in [0, 0.05) is 30.5 Å². The van der Waals surface area contributed by atoms with Gasteiger partial charge in [0.15, 0.2) is 0 Å². The molecule has 6 nitrogen and oxygen atoms in total. The highest BCUT2D eigenvalue weighted by Gasteiger charge is 2.33. The number of aromatic nitrogens is 2. The van der Waals surface area contributed by atoms with Crippen LogP contribution in [-0.2, 0) is 17.2 Å². The molecule has 1 aromatic rings. The molecular weight excluding hydrogens is 256 g/mol. The van der Waals surface area contributed by atoms with Crippen LogP contribution in [0.25, 0.3) is 0 Å². The number of amides is 2. The standard InChI is InChI=1S/C14H24N4O2/c1-13(2,3)10-6-11(18(5)17-10)16-12(19)15-7-14(4)8-20-9-14/h6H,7-9H2,1-5H3,(H2,15,16,19). The molecule has 2 amide bonds. The Morgan fingerprint density at radius 2 is 2.15 bits per heavy atom. The van der Waals surface area contributed by atoms with Crippen LogP contribution in [0.3, 0.4) is 0 Å². The number of hydrogen-bond acceptors (Lipinski definition) is 3. The minimum Gasteiger partial charge on any atom is -0.380 e. The summed E-state index contributed by atoms with van der Waals surface area (Å²) in [5.41, 5.74) is 0.986. The van der Waals surface area contributed by atoms with E-state index in [-0.39, 0.29) is 16.9 Å². The van der Waals surface area contributed by atoms with Gasteiger partial charge in [0.05, 0.1) is 18.9 Å². The van der Waals surface area contributed by atoms with Crippen molar-refractivity contribution < 1.29 is 9.53 Å². The molecule has 0 bridgehead atoms. The highest BCUT2D eigenvalue weighted by atomic mass is 16.5. The fraction of sp³-hybridized carbons (Fsp3) is 0.714. The normalized spacial score (nSPS) is 17.4. The van der Waals surface area contributed by atoms with Gasteiger partial charge in [0.25, 0.3) is 0 Å². The third-order valence-corrected chi connectivity index (χ3v) is 3.47. The average Bonchev–Trinajstić information content (AvgIpc) is 2.66. The maximum absolute atomic E-state index is 11.9. The molecule has 1 fully saturated rings. The summed E-state index contributed by atoms with van der Waals surface area (Å²) in [5.74, 6) is 0.697. The van der Waals surface area contributed by atoms with Crippen molar-refractivity contribution >= 4 is 11.8 Å². The van der Waals surface area contributed by atoms with Crippen LogP contribution in [-0.4, -0.2) is 35.6 Å². The van der Waals surface area contributed by atoms with Crippen LogP contribution in [0.4, 0.5) is 10.6 Å². The smallest absolute Gasteiger partial charge is 0.320 e. The Morgan fingerprint density at radius 3 is 2.60 bits per heavy atom. The zero-order valence-electron chi connectivity index (χ0n) is 12.9. The molecule has 0 spiro atoms. The van der Waals surface area contributed by atoms with Crippen molar-refractivity contribution in [3.8, 4) is 0 Å². The second kappa shape index (κ2) is 5.09. The quantitative estimate of drug-likeness (QED) is 0.888. The minimum absolute atomic E-state index is 0.0368. The molecular formula is C14H24N4O2. The van der Waals surface area contributed by atoms with Gasteiger partial charge in [-0.3, -0.25) is 10.00 Å². The number of aryl methyl sites for hydroxylation is 1. The number of nitrogens with zero attached hydrogens (tertiary/aromatic N) is 2. The summed E-state index contributed by atoms with van der Waals surface area (Å²) in [7, 11) is 1.83. The monoisotopic (exact) mass is 280 g/mol. The Morgan fingerprint density at radius 1 is 1.50 bits per heavy atom. The SMILES string of the molecule is Cn1nc(C(C)(C)C)cc1NC(=O)NCC1(C)COC1. The van der Waals surface area contributed by atoms with E-state index in [9.17, 15) is 4.79 Å². The fourth-order valence-electron chi connectivity index (χ4n) is 1.96. The second-order valence-electron chi connectivity index (χ2n) is 6.90. The zero-order chi connectivity index (χ0) is 15.0. The summed E-state index contributed by atoms with van der Waals surface area (Å²) in [6.45, 7) is 10.4. The summed E-state index contributed by atoms with van der Waals surface area (Å²) in [6.07, 6.45) is 0. The topological polar surface area (TPSA) is 68.2 Å². The van der Waals surface area contributed by atoms with E-state index < -0.39 is 0 Å². The molecule has 0 aliphatic carbocycles. The summed E-state index contributed by atoms with van der Waals surface area (Å²) in [4.78, 5) is 11.9. The van der Waals surface area contributed by atoms with E-state index >= 15 is 0 Å². The molecule has 6 heteroatoms. The van der Waals surface area contributed by atoms with Crippen LogP contribution >= 0.6 is 0 Å². The lowest BCUT2D eigenvalue weighted by Crippen LogP contribution is -2.49. The Balaban J connectivity index is 1.92. The van der Waals surface area contributed by atoms with Gasteiger partial charge >= 0.3 is 6.03 Å². The van der Waals surface area contributed by atoms with Crippen LogP contribution in [0.1, 0.15) is 33.4 Å². The first-order valence-electron chi connectivity index (χ1n) is 6.87. The predicted molar refractivity (Wildman–Crippen MR) is 77.9 cm³/mol. The van der Waals surface area contributed by atoms with Crippen LogP contribution in [0.2, 0.25) is 0 Å². The van der Waals surface area contributed by atoms with Gasteiger partial charge in [-0.1, -0.05) is 27.7 Å². The Hall–Kier alpha value is -1.56. The molecule has 0 aromatic carbocycles. The van der Waals surface area contributed by atoms with Crippen molar-refractivity contribution in [1.82, 2.24) is 15.1 Å². The summed E-state index contributed by atoms with van der Waals surface area (Å²) >= 11 is 0. The number of carbonyl (C=O) groups is 1. The number of rotatable bonds is 3. The highest BCUT2D eigenvalue weighted by Crippen LogP contribution is 2.25. The van der Waals surface area contributed by atoms with Crippen LogP contribution in [0.5, 0.6) is 0 Å². The molecule has 20 heavy (non-hydrogen) atoms. The van der Waals surface area contributed by atoms with Gasteiger partial charge in [-0.25, -0.2) is 4.79 Å². The summed E-state index contributed by atoms with van der Waals surface area (Å²) < 4.78 is 6.85. The van der Waals surface area contributed by atoms with E-state index in [4.69, 9.17) is 4.74 Å². The van der Waals surface area contributed by atoms with Gasteiger partial charge in [0.1, 0.15) is 5.82 Å². The molecule has 1 aromatic heterocycles. The van der Waals surface area contributed by atoms with Gasteiger partial charge in [-0.2, -0.15) is 5.10 Å². The predicted octanol–water partition coefficient (Wildman–Crippen LogP) is 1.88. The first-order valence-corrected chi connectivity index (χ1v) is 6.87. The number of ether oxygens (including phenoxy) is 1. The van der Waals surface area contributed by atoms with Crippen molar-refractivity contribution in [2.45, 2.75) is 33.1 Å². The number of anilines is 1. The maximum atomic E-state index is 11.9. The van der Waals surface area contributed by atoms with Crippen molar-refractivity contribution in [2.24, 2.45) is 12.5 Å². The van der Waals surface area contributed by atoms with Gasteiger partial charge in [-0.15, -0.1) is 0 Å². The molecule has 1 aliphatic heterocycles. The van der Waals surface area contributed by atoms with Crippen molar-refractivity contribution in [1.29, 1.82) is 0 Å². The number of urea groups is 1. The molecule has 0 unspecified atom stereocenters. The van der Waals surface area contributed by atoms with Gasteiger partial charge < -0.3 is 10.1 Å².